The Morgan fingerprint density at radius 1 is 1.21 bits per heavy atom. The molecular weight excluding hydrogens is 386 g/mol. The van der Waals surface area contributed by atoms with Gasteiger partial charge >= 0.3 is 0 Å². The number of nitrogens with one attached hydrogen (secondary N) is 2. The average molecular weight is 410 g/mol. The molecule has 3 aromatic heterocycles. The minimum atomic E-state index is -2.35. The predicted molar refractivity (Wildman–Crippen MR) is 113 cm³/mol. The van der Waals surface area contributed by atoms with Gasteiger partial charge in [-0.1, -0.05) is 37.3 Å². The van der Waals surface area contributed by atoms with Gasteiger partial charge in [-0.3, -0.25) is 4.90 Å². The lowest BCUT2D eigenvalue weighted by atomic mass is 9.93. The summed E-state index contributed by atoms with van der Waals surface area (Å²) in [4.78, 5) is 13.0. The molecule has 4 heterocycles. The maximum Gasteiger partial charge on any atom is 0.256 e. The van der Waals surface area contributed by atoms with Crippen LogP contribution >= 0.6 is 0 Å². The lowest BCUT2D eigenvalue weighted by Gasteiger charge is -2.37. The molecule has 0 saturated carbocycles. The number of benzene rings is 1. The third-order valence-electron chi connectivity index (χ3n) is 5.94. The van der Waals surface area contributed by atoms with Gasteiger partial charge in [-0.05, 0) is 24.0 Å². The Labute approximate surface area is 169 Å². The summed E-state index contributed by atoms with van der Waals surface area (Å²) in [5.74, 6) is 0.306. The number of H-pyrrole nitrogens is 2. The van der Waals surface area contributed by atoms with Gasteiger partial charge in [0.2, 0.25) is 4.77 Å². The molecule has 29 heavy (non-hydrogen) atoms. The summed E-state index contributed by atoms with van der Waals surface area (Å²) in [7, 11) is -2.35. The number of piperidine rings is 1. The van der Waals surface area contributed by atoms with Crippen molar-refractivity contribution in [3.8, 4) is 0 Å². The van der Waals surface area contributed by atoms with Crippen molar-refractivity contribution in [3.63, 3.8) is 0 Å². The second-order valence-corrected chi connectivity index (χ2v) is 8.71. The van der Waals surface area contributed by atoms with Crippen LogP contribution < -0.4 is 0 Å². The number of aromatic amines is 2. The van der Waals surface area contributed by atoms with E-state index in [4.69, 9.17) is 0 Å². The molecule has 150 valence electrons. The van der Waals surface area contributed by atoms with Crippen LogP contribution in [0, 0.1) is 10.7 Å². The molecular formula is C21H23N5O2S. The molecule has 5 rings (SSSR count). The zero-order valence-electron chi connectivity index (χ0n) is 16.2. The summed E-state index contributed by atoms with van der Waals surface area (Å²) in [6.07, 6.45) is 4.44. The first-order valence-corrected chi connectivity index (χ1v) is 10.9. The molecule has 2 N–H and O–H groups in total. The van der Waals surface area contributed by atoms with Crippen molar-refractivity contribution < 1.29 is 8.42 Å². The van der Waals surface area contributed by atoms with Crippen LogP contribution in [0.15, 0.2) is 48.8 Å². The van der Waals surface area contributed by atoms with Gasteiger partial charge in [0, 0.05) is 37.3 Å². The smallest absolute Gasteiger partial charge is 0.256 e. The van der Waals surface area contributed by atoms with Crippen LogP contribution in [-0.2, 0) is 16.8 Å². The SMILES string of the molecule is CC1CN(Cc2ccccc2)CCC1n1c(=S(=O)=O)[nH]c2cnc3[nH]ccc3c21. The van der Waals surface area contributed by atoms with Crippen LogP contribution in [0.2, 0.25) is 0 Å². The van der Waals surface area contributed by atoms with Crippen LogP contribution in [0.4, 0.5) is 0 Å². The van der Waals surface area contributed by atoms with Gasteiger partial charge in [0.15, 0.2) is 0 Å². The van der Waals surface area contributed by atoms with Gasteiger partial charge < -0.3 is 14.5 Å². The molecule has 0 aliphatic carbocycles. The fourth-order valence-electron chi connectivity index (χ4n) is 4.65. The lowest BCUT2D eigenvalue weighted by molar-refractivity contribution is 0.128. The Morgan fingerprint density at radius 3 is 2.79 bits per heavy atom. The first-order valence-electron chi connectivity index (χ1n) is 9.86. The van der Waals surface area contributed by atoms with Gasteiger partial charge in [0.1, 0.15) is 5.65 Å². The highest BCUT2D eigenvalue weighted by molar-refractivity contribution is 7.63. The Kier molecular flexibility index (Phi) is 4.52. The molecule has 4 aromatic rings. The van der Waals surface area contributed by atoms with Crippen molar-refractivity contribution in [2.45, 2.75) is 25.9 Å². The van der Waals surface area contributed by atoms with Crippen LogP contribution in [0.3, 0.4) is 0 Å². The second kappa shape index (κ2) is 7.20. The van der Waals surface area contributed by atoms with E-state index in [0.29, 0.717) is 5.92 Å². The van der Waals surface area contributed by atoms with Gasteiger partial charge in [-0.2, -0.15) is 8.42 Å². The van der Waals surface area contributed by atoms with Crippen LogP contribution in [0.25, 0.3) is 22.1 Å². The summed E-state index contributed by atoms with van der Waals surface area (Å²) >= 11 is 0. The molecule has 1 aromatic carbocycles. The van der Waals surface area contributed by atoms with Crippen molar-refractivity contribution >= 4 is 32.4 Å². The monoisotopic (exact) mass is 409 g/mol. The van der Waals surface area contributed by atoms with E-state index in [1.54, 1.807) is 6.20 Å². The Balaban J connectivity index is 1.55. The van der Waals surface area contributed by atoms with Gasteiger partial charge in [0.25, 0.3) is 10.3 Å². The quantitative estimate of drug-likeness (QED) is 0.508. The zero-order valence-corrected chi connectivity index (χ0v) is 17.0. The van der Waals surface area contributed by atoms with E-state index in [1.165, 1.54) is 5.56 Å². The molecule has 2 atom stereocenters. The first-order chi connectivity index (χ1) is 14.1. The number of pyridine rings is 1. The van der Waals surface area contributed by atoms with E-state index in [1.807, 2.05) is 22.9 Å². The molecule has 0 spiro atoms. The number of hydrogen-bond donors (Lipinski definition) is 2. The van der Waals surface area contributed by atoms with Crippen molar-refractivity contribution in [1.82, 2.24) is 24.4 Å². The molecule has 2 unspecified atom stereocenters. The number of nitrogens with zero attached hydrogens (tertiary/aromatic N) is 3. The summed E-state index contributed by atoms with van der Waals surface area (Å²) in [5.41, 5.74) is 3.72. The molecule has 1 aliphatic heterocycles. The van der Waals surface area contributed by atoms with Crippen LogP contribution in [0.5, 0.6) is 0 Å². The highest BCUT2D eigenvalue weighted by atomic mass is 32.2. The Bertz CT molecular complexity index is 1340. The molecule has 1 aliphatic rings. The Morgan fingerprint density at radius 2 is 2.03 bits per heavy atom. The Hall–Kier alpha value is -2.84. The molecule has 0 amide bonds. The van der Waals surface area contributed by atoms with Gasteiger partial charge in [-0.25, -0.2) is 4.98 Å². The molecule has 8 heteroatoms. The summed E-state index contributed by atoms with van der Waals surface area (Å²) in [5, 5.41) is 0.939. The summed E-state index contributed by atoms with van der Waals surface area (Å²) < 4.78 is 26.3. The zero-order chi connectivity index (χ0) is 20.0. The predicted octanol–water partition coefficient (Wildman–Crippen LogP) is 3.34. The van der Waals surface area contributed by atoms with Crippen molar-refractivity contribution in [2.75, 3.05) is 13.1 Å². The molecule has 0 radical (unpaired) electrons. The van der Waals surface area contributed by atoms with E-state index in [-0.39, 0.29) is 10.8 Å². The number of aromatic nitrogens is 4. The highest BCUT2D eigenvalue weighted by Gasteiger charge is 2.30. The fraction of sp³-hybridized carbons (Fsp3) is 0.333. The van der Waals surface area contributed by atoms with E-state index in [0.717, 1.165) is 48.1 Å². The standard InChI is InChI=1S/C21H23N5O2S/c1-14-12-25(13-15-5-3-2-4-6-15)10-8-18(14)26-19-16-7-9-22-20(16)23-11-17(19)24-21(26)29(27)28/h2-7,9,11,14,18,24H,8,10,12-13H2,1H3,(H,22,23). The van der Waals surface area contributed by atoms with Crippen molar-refractivity contribution in [1.29, 1.82) is 0 Å². The van der Waals surface area contributed by atoms with Gasteiger partial charge in [0.05, 0.1) is 17.2 Å². The number of fused-ring (bicyclic) bond motifs is 3. The summed E-state index contributed by atoms with van der Waals surface area (Å²) in [6.45, 7) is 4.98. The van der Waals surface area contributed by atoms with Gasteiger partial charge in [-0.15, -0.1) is 0 Å². The minimum absolute atomic E-state index is 0.101. The molecule has 1 saturated heterocycles. The highest BCUT2D eigenvalue weighted by Crippen LogP contribution is 2.34. The van der Waals surface area contributed by atoms with Crippen LogP contribution in [0.1, 0.15) is 24.9 Å². The van der Waals surface area contributed by atoms with E-state index in [9.17, 15) is 8.42 Å². The van der Waals surface area contributed by atoms with E-state index in [2.05, 4.69) is 51.0 Å². The number of hydrogen-bond acceptors (Lipinski definition) is 4. The second-order valence-electron chi connectivity index (χ2n) is 7.85. The topological polar surface area (TPSA) is 86.8 Å². The van der Waals surface area contributed by atoms with Crippen molar-refractivity contribution in [2.24, 2.45) is 5.92 Å². The fourth-order valence-corrected chi connectivity index (χ4v) is 5.23. The number of likely N-dealkylation sites (tertiary alicyclic amines) is 1. The normalized spacial score (nSPS) is 20.4. The largest absolute Gasteiger partial charge is 0.346 e. The number of imidazole rings is 1. The first kappa shape index (κ1) is 18.2. The molecule has 0 bridgehead atoms. The third-order valence-corrected chi connectivity index (χ3v) is 6.56. The van der Waals surface area contributed by atoms with Crippen LogP contribution in [-0.4, -0.2) is 45.9 Å². The molecule has 1 fully saturated rings. The summed E-state index contributed by atoms with van der Waals surface area (Å²) in [6, 6.07) is 12.5. The third kappa shape index (κ3) is 3.18. The average Bonchev–Trinajstić information content (AvgIpc) is 3.33. The van der Waals surface area contributed by atoms with E-state index < -0.39 is 10.3 Å². The molecule has 7 nitrogen and oxygen atoms in total. The van der Waals surface area contributed by atoms with Crippen molar-refractivity contribution in [3.05, 3.63) is 59.1 Å². The number of rotatable bonds is 3. The minimum Gasteiger partial charge on any atom is -0.346 e. The maximum absolute atomic E-state index is 12.0. The maximum atomic E-state index is 12.0. The van der Waals surface area contributed by atoms with E-state index >= 15 is 0 Å². The lowest BCUT2D eigenvalue weighted by Crippen LogP contribution is -2.39.